The number of rotatable bonds is 5. The van der Waals surface area contributed by atoms with E-state index >= 15 is 0 Å². The zero-order valence-electron chi connectivity index (χ0n) is 17.1. The Bertz CT molecular complexity index is 1190. The minimum absolute atomic E-state index is 0.00283. The van der Waals surface area contributed by atoms with Crippen molar-refractivity contribution in [3.63, 3.8) is 0 Å². The van der Waals surface area contributed by atoms with Gasteiger partial charge in [0.05, 0.1) is 23.4 Å². The monoisotopic (exact) mass is 448 g/mol. The van der Waals surface area contributed by atoms with E-state index in [1.807, 2.05) is 70.1 Å². The molecule has 0 spiro atoms. The highest BCUT2D eigenvalue weighted by Crippen LogP contribution is 2.48. The molecule has 31 heavy (non-hydrogen) atoms. The number of carbonyl (C=O) groups excluding carboxylic acids is 1. The Balaban J connectivity index is 1.44. The van der Waals surface area contributed by atoms with Crippen molar-refractivity contribution in [3.8, 4) is 11.6 Å². The number of hydrogen-bond donors (Lipinski definition) is 0. The quantitative estimate of drug-likeness (QED) is 0.347. The summed E-state index contributed by atoms with van der Waals surface area (Å²) in [4.78, 5) is 17.4. The van der Waals surface area contributed by atoms with Crippen molar-refractivity contribution in [1.29, 1.82) is 0 Å². The van der Waals surface area contributed by atoms with Crippen molar-refractivity contribution in [3.05, 3.63) is 66.9 Å². The van der Waals surface area contributed by atoms with Crippen molar-refractivity contribution < 1.29 is 9.21 Å². The molecule has 8 heteroatoms. The molecule has 0 aliphatic carbocycles. The zero-order valence-corrected chi connectivity index (χ0v) is 18.7. The molecule has 5 rings (SSSR count). The van der Waals surface area contributed by atoms with Crippen LogP contribution in [-0.2, 0) is 4.79 Å². The molecule has 0 N–H and O–H groups in total. The number of hydrogen-bond acceptors (Lipinski definition) is 6. The molecular formula is C23H20N4O2S2. The number of amides is 1. The lowest BCUT2D eigenvalue weighted by Crippen LogP contribution is -2.30. The first-order valence-electron chi connectivity index (χ1n) is 9.94. The maximum absolute atomic E-state index is 13.4. The summed E-state index contributed by atoms with van der Waals surface area (Å²) >= 11 is 3.08. The predicted octanol–water partition coefficient (Wildman–Crippen LogP) is 6.04. The lowest BCUT2D eigenvalue weighted by Gasteiger charge is -2.31. The number of para-hydroxylation sites is 2. The summed E-state index contributed by atoms with van der Waals surface area (Å²) in [5, 5.41) is 9.35. The zero-order chi connectivity index (χ0) is 21.4. The number of furan rings is 1. The molecule has 1 aliphatic rings. The number of aromatic nitrogens is 3. The summed E-state index contributed by atoms with van der Waals surface area (Å²) in [5.74, 6) is 1.58. The van der Waals surface area contributed by atoms with Gasteiger partial charge in [-0.1, -0.05) is 47.8 Å². The van der Waals surface area contributed by atoms with Gasteiger partial charge in [0.2, 0.25) is 11.7 Å². The van der Waals surface area contributed by atoms with Gasteiger partial charge in [-0.2, -0.15) is 0 Å². The molecule has 0 atom stereocenters. The molecule has 2 aromatic heterocycles. The van der Waals surface area contributed by atoms with Crippen LogP contribution in [0, 0.1) is 0 Å². The average Bonchev–Trinajstić information content (AvgIpc) is 3.45. The maximum atomic E-state index is 13.4. The van der Waals surface area contributed by atoms with Crippen LogP contribution in [0.3, 0.4) is 0 Å². The van der Waals surface area contributed by atoms with E-state index in [1.54, 1.807) is 18.0 Å². The Labute approximate surface area is 188 Å². The number of thioether (sulfide) groups is 1. The lowest BCUT2D eigenvalue weighted by atomic mass is 10.2. The van der Waals surface area contributed by atoms with E-state index in [9.17, 15) is 4.79 Å². The second-order valence-electron chi connectivity index (χ2n) is 7.30. The fraction of sp³-hybridized carbons (Fsp3) is 0.174. The third kappa shape index (κ3) is 3.66. The molecule has 1 aliphatic heterocycles. The summed E-state index contributed by atoms with van der Waals surface area (Å²) in [6.45, 7) is 4.13. The van der Waals surface area contributed by atoms with E-state index < -0.39 is 0 Å². The summed E-state index contributed by atoms with van der Waals surface area (Å²) in [6, 6.07) is 19.8. The topological polar surface area (TPSA) is 64.2 Å². The van der Waals surface area contributed by atoms with Gasteiger partial charge in [-0.3, -0.25) is 14.3 Å². The van der Waals surface area contributed by atoms with Gasteiger partial charge in [-0.25, -0.2) is 0 Å². The van der Waals surface area contributed by atoms with Gasteiger partial charge in [0, 0.05) is 15.8 Å². The van der Waals surface area contributed by atoms with Crippen molar-refractivity contribution in [2.75, 3.05) is 10.7 Å². The average molecular weight is 449 g/mol. The number of nitrogens with zero attached hydrogens (tertiary/aromatic N) is 4. The molecule has 4 aromatic rings. The molecule has 0 bridgehead atoms. The van der Waals surface area contributed by atoms with Gasteiger partial charge >= 0.3 is 0 Å². The van der Waals surface area contributed by atoms with Crippen LogP contribution in [-0.4, -0.2) is 26.4 Å². The Kier molecular flexibility index (Phi) is 5.33. The normalized spacial score (nSPS) is 12.7. The third-order valence-electron chi connectivity index (χ3n) is 4.93. The largest absolute Gasteiger partial charge is 0.461 e. The standard InChI is InChI=1S/C23H20N4O2S2/c1-15(2)26-22(18-10-7-13-29-18)24-25-23(26)30-14-21(28)27-16-8-3-5-11-19(16)31-20-12-6-4-9-17(20)27/h3-13,15H,14H2,1-2H3. The highest BCUT2D eigenvalue weighted by Gasteiger charge is 2.28. The molecule has 0 radical (unpaired) electrons. The van der Waals surface area contributed by atoms with E-state index in [2.05, 4.69) is 24.0 Å². The number of fused-ring (bicyclic) bond motifs is 2. The van der Waals surface area contributed by atoms with Gasteiger partial charge in [0.1, 0.15) is 0 Å². The summed E-state index contributed by atoms with van der Waals surface area (Å²) in [5.41, 5.74) is 1.83. The number of carbonyl (C=O) groups is 1. The lowest BCUT2D eigenvalue weighted by molar-refractivity contribution is -0.115. The SMILES string of the molecule is CC(C)n1c(SCC(=O)N2c3ccccc3Sc3ccccc32)nnc1-c1ccco1. The highest BCUT2D eigenvalue weighted by atomic mass is 32.2. The van der Waals surface area contributed by atoms with Gasteiger partial charge in [-0.15, -0.1) is 10.2 Å². The first-order valence-corrected chi connectivity index (χ1v) is 11.7. The molecule has 0 unspecified atom stereocenters. The van der Waals surface area contributed by atoms with Gasteiger partial charge in [-0.05, 0) is 50.2 Å². The molecule has 0 fully saturated rings. The second-order valence-corrected chi connectivity index (χ2v) is 9.33. The summed E-state index contributed by atoms with van der Waals surface area (Å²) in [7, 11) is 0. The minimum atomic E-state index is 0.00283. The Morgan fingerprint density at radius 3 is 2.29 bits per heavy atom. The van der Waals surface area contributed by atoms with Crippen molar-refractivity contribution in [2.24, 2.45) is 0 Å². The van der Waals surface area contributed by atoms with E-state index in [-0.39, 0.29) is 17.7 Å². The van der Waals surface area contributed by atoms with Crippen molar-refractivity contribution in [1.82, 2.24) is 14.8 Å². The van der Waals surface area contributed by atoms with Crippen LogP contribution in [0.4, 0.5) is 11.4 Å². The molecule has 6 nitrogen and oxygen atoms in total. The predicted molar refractivity (Wildman–Crippen MR) is 123 cm³/mol. The van der Waals surface area contributed by atoms with Crippen LogP contribution < -0.4 is 4.90 Å². The third-order valence-corrected chi connectivity index (χ3v) is 6.99. The van der Waals surface area contributed by atoms with Gasteiger partial charge < -0.3 is 4.42 Å². The Morgan fingerprint density at radius 2 is 1.68 bits per heavy atom. The molecule has 0 saturated carbocycles. The van der Waals surface area contributed by atoms with Crippen LogP contribution >= 0.6 is 23.5 Å². The Morgan fingerprint density at radius 1 is 1.00 bits per heavy atom. The molecule has 0 saturated heterocycles. The first-order chi connectivity index (χ1) is 15.1. The number of anilines is 2. The molecular weight excluding hydrogens is 428 g/mol. The second kappa shape index (κ2) is 8.28. The summed E-state index contributed by atoms with van der Waals surface area (Å²) in [6.07, 6.45) is 1.62. The van der Waals surface area contributed by atoms with E-state index in [0.717, 1.165) is 21.2 Å². The van der Waals surface area contributed by atoms with E-state index in [4.69, 9.17) is 4.42 Å². The number of benzene rings is 2. The van der Waals surface area contributed by atoms with Gasteiger partial charge in [0.25, 0.3) is 0 Å². The van der Waals surface area contributed by atoms with Crippen LogP contribution in [0.2, 0.25) is 0 Å². The van der Waals surface area contributed by atoms with Crippen LogP contribution in [0.15, 0.2) is 86.3 Å². The Hall–Kier alpha value is -2.97. The van der Waals surface area contributed by atoms with Gasteiger partial charge in [0.15, 0.2) is 10.9 Å². The summed E-state index contributed by atoms with van der Waals surface area (Å²) < 4.78 is 7.52. The highest BCUT2D eigenvalue weighted by molar-refractivity contribution is 8.00. The van der Waals surface area contributed by atoms with Crippen LogP contribution in [0.25, 0.3) is 11.6 Å². The maximum Gasteiger partial charge on any atom is 0.242 e. The van der Waals surface area contributed by atoms with Crippen molar-refractivity contribution in [2.45, 2.75) is 34.8 Å². The molecule has 3 heterocycles. The van der Waals surface area contributed by atoms with E-state index in [1.165, 1.54) is 11.8 Å². The van der Waals surface area contributed by atoms with Crippen LogP contribution in [0.1, 0.15) is 19.9 Å². The minimum Gasteiger partial charge on any atom is -0.461 e. The molecule has 1 amide bonds. The van der Waals surface area contributed by atoms with Crippen LogP contribution in [0.5, 0.6) is 0 Å². The first kappa shape index (κ1) is 20.0. The fourth-order valence-corrected chi connectivity index (χ4v) is 5.55. The molecule has 156 valence electrons. The van der Waals surface area contributed by atoms with E-state index in [0.29, 0.717) is 16.7 Å². The molecule has 2 aromatic carbocycles. The fourth-order valence-electron chi connectivity index (χ4n) is 3.58. The van der Waals surface area contributed by atoms with Crippen molar-refractivity contribution >= 4 is 40.8 Å². The smallest absolute Gasteiger partial charge is 0.242 e.